The van der Waals surface area contributed by atoms with Crippen molar-refractivity contribution in [1.82, 2.24) is 19.8 Å². The molecule has 8 nitrogen and oxygen atoms in total. The van der Waals surface area contributed by atoms with Crippen LogP contribution in [0.15, 0.2) is 30.3 Å². The monoisotopic (exact) mass is 325 g/mol. The first-order chi connectivity index (χ1) is 10.9. The molecular weight excluding hydrogens is 319 g/mol. The number of halogens is 3. The highest BCUT2D eigenvalue weighted by atomic mass is 19.3. The van der Waals surface area contributed by atoms with Crippen LogP contribution >= 0.6 is 0 Å². The van der Waals surface area contributed by atoms with Crippen LogP contribution in [0.5, 0.6) is 11.6 Å². The quantitative estimate of drug-likeness (QED) is 0.540. The van der Waals surface area contributed by atoms with E-state index in [2.05, 4.69) is 15.3 Å². The van der Waals surface area contributed by atoms with Crippen molar-refractivity contribution in [2.24, 2.45) is 0 Å². The van der Waals surface area contributed by atoms with Crippen LogP contribution in [0.2, 0.25) is 0 Å². The number of hydrogen-bond donors (Lipinski definition) is 0. The smallest absolute Gasteiger partial charge is 0.299 e. The first-order valence-electron chi connectivity index (χ1n) is 6.07. The van der Waals surface area contributed by atoms with Crippen LogP contribution in [0.1, 0.15) is 12.2 Å². The molecule has 2 heterocycles. The molecular formula is C12H6F3N5O3. The average Bonchev–Trinajstić information content (AvgIpc) is 2.89. The van der Waals surface area contributed by atoms with Gasteiger partial charge in [0.2, 0.25) is 11.7 Å². The number of aromatic nitrogens is 4. The number of non-ortho nitro benzene ring substituents is 1. The maximum atomic E-state index is 13.3. The molecule has 0 bridgehead atoms. The van der Waals surface area contributed by atoms with Crippen LogP contribution in [0, 0.1) is 15.9 Å². The minimum Gasteiger partial charge on any atom is -0.437 e. The molecule has 0 aliphatic carbocycles. The van der Waals surface area contributed by atoms with Crippen molar-refractivity contribution in [2.75, 3.05) is 0 Å². The molecule has 0 aliphatic heterocycles. The fraction of sp³-hybridized carbons (Fsp3) is 0.0833. The zero-order valence-electron chi connectivity index (χ0n) is 11.1. The topological polar surface area (TPSA) is 95.5 Å². The van der Waals surface area contributed by atoms with Gasteiger partial charge in [-0.25, -0.2) is 13.2 Å². The molecule has 0 saturated carbocycles. The zero-order chi connectivity index (χ0) is 16.6. The summed E-state index contributed by atoms with van der Waals surface area (Å²) in [6.07, 6.45) is -2.90. The van der Waals surface area contributed by atoms with Gasteiger partial charge in [0.15, 0.2) is 5.65 Å². The summed E-state index contributed by atoms with van der Waals surface area (Å²) in [5.74, 6) is -1.95. The van der Waals surface area contributed by atoms with Gasteiger partial charge in [0, 0.05) is 12.1 Å². The van der Waals surface area contributed by atoms with E-state index < -0.39 is 28.7 Å². The van der Waals surface area contributed by atoms with E-state index in [4.69, 9.17) is 4.74 Å². The van der Waals surface area contributed by atoms with Crippen molar-refractivity contribution in [3.8, 4) is 11.6 Å². The van der Waals surface area contributed by atoms with Gasteiger partial charge in [-0.05, 0) is 6.07 Å². The first-order valence-corrected chi connectivity index (χ1v) is 6.07. The van der Waals surface area contributed by atoms with E-state index in [1.807, 2.05) is 0 Å². The third kappa shape index (κ3) is 2.88. The van der Waals surface area contributed by atoms with Crippen LogP contribution < -0.4 is 4.74 Å². The summed E-state index contributed by atoms with van der Waals surface area (Å²) in [7, 11) is 0. The molecule has 2 aromatic heterocycles. The van der Waals surface area contributed by atoms with Crippen LogP contribution in [0.3, 0.4) is 0 Å². The van der Waals surface area contributed by atoms with Gasteiger partial charge in [-0.15, -0.1) is 15.3 Å². The molecule has 1 aromatic carbocycles. The van der Waals surface area contributed by atoms with Crippen molar-refractivity contribution < 1.29 is 22.8 Å². The summed E-state index contributed by atoms with van der Waals surface area (Å²) in [4.78, 5) is 9.89. The number of ether oxygens (including phenoxy) is 1. The second-order valence-corrected chi connectivity index (χ2v) is 4.30. The number of nitro benzene ring substituents is 1. The average molecular weight is 325 g/mol. The van der Waals surface area contributed by atoms with Gasteiger partial charge < -0.3 is 4.74 Å². The molecule has 0 unspecified atom stereocenters. The summed E-state index contributed by atoms with van der Waals surface area (Å²) < 4.78 is 44.8. The third-order valence-electron chi connectivity index (χ3n) is 2.75. The van der Waals surface area contributed by atoms with Gasteiger partial charge in [0.1, 0.15) is 11.6 Å². The highest BCUT2D eigenvalue weighted by Crippen LogP contribution is 2.26. The lowest BCUT2D eigenvalue weighted by Gasteiger charge is -2.05. The van der Waals surface area contributed by atoms with E-state index in [1.54, 1.807) is 0 Å². The molecule has 0 N–H and O–H groups in total. The number of fused-ring (bicyclic) bond motifs is 1. The number of nitro groups is 1. The molecule has 0 radical (unpaired) electrons. The second-order valence-electron chi connectivity index (χ2n) is 4.30. The normalized spacial score (nSPS) is 11.1. The van der Waals surface area contributed by atoms with Gasteiger partial charge in [0.05, 0.1) is 17.1 Å². The molecule has 0 amide bonds. The molecule has 118 valence electrons. The predicted octanol–water partition coefficient (Wildman–Crippen LogP) is 2.90. The molecule has 11 heteroatoms. The lowest BCUT2D eigenvalue weighted by atomic mass is 10.3. The minimum absolute atomic E-state index is 0.0675. The maximum Gasteiger partial charge on any atom is 0.299 e. The maximum absolute atomic E-state index is 13.3. The lowest BCUT2D eigenvalue weighted by molar-refractivity contribution is -0.385. The van der Waals surface area contributed by atoms with E-state index in [0.29, 0.717) is 0 Å². The molecule has 23 heavy (non-hydrogen) atoms. The van der Waals surface area contributed by atoms with Gasteiger partial charge >= 0.3 is 0 Å². The standard InChI is InChI=1S/C12H6F3N5O3/c13-6-3-7(20(21)22)5-8(4-6)23-10-2-1-9-16-17-12(11(14)15)19(9)18-10/h1-5,11H. The van der Waals surface area contributed by atoms with Crippen molar-refractivity contribution in [2.45, 2.75) is 6.43 Å². The van der Waals surface area contributed by atoms with E-state index in [9.17, 15) is 23.3 Å². The van der Waals surface area contributed by atoms with E-state index >= 15 is 0 Å². The predicted molar refractivity (Wildman–Crippen MR) is 68.9 cm³/mol. The van der Waals surface area contributed by atoms with Crippen LogP contribution in [0.25, 0.3) is 5.65 Å². The van der Waals surface area contributed by atoms with Gasteiger partial charge in [-0.1, -0.05) is 0 Å². The number of nitrogens with zero attached hydrogens (tertiary/aromatic N) is 5. The summed E-state index contributed by atoms with van der Waals surface area (Å²) in [5.41, 5.74) is -0.448. The molecule has 0 spiro atoms. The fourth-order valence-electron chi connectivity index (χ4n) is 1.81. The summed E-state index contributed by atoms with van der Waals surface area (Å²) in [6.45, 7) is 0. The van der Waals surface area contributed by atoms with Crippen LogP contribution in [-0.2, 0) is 0 Å². The van der Waals surface area contributed by atoms with Gasteiger partial charge in [-0.2, -0.15) is 4.52 Å². The van der Waals surface area contributed by atoms with Gasteiger partial charge in [0.25, 0.3) is 12.1 Å². The molecule has 0 atom stereocenters. The van der Waals surface area contributed by atoms with Crippen molar-refractivity contribution in [3.63, 3.8) is 0 Å². The lowest BCUT2D eigenvalue weighted by Crippen LogP contribution is -2.01. The third-order valence-corrected chi connectivity index (χ3v) is 2.75. The molecule has 0 aliphatic rings. The minimum atomic E-state index is -2.90. The number of rotatable bonds is 4. The number of hydrogen-bond acceptors (Lipinski definition) is 6. The Kier molecular flexibility index (Phi) is 3.52. The highest BCUT2D eigenvalue weighted by molar-refractivity contribution is 5.42. The van der Waals surface area contributed by atoms with Crippen molar-refractivity contribution in [1.29, 1.82) is 0 Å². The Morgan fingerprint density at radius 2 is 2.00 bits per heavy atom. The van der Waals surface area contributed by atoms with E-state index in [1.165, 1.54) is 12.1 Å². The molecule has 3 rings (SSSR count). The Balaban J connectivity index is 1.98. The van der Waals surface area contributed by atoms with E-state index in [0.717, 1.165) is 22.7 Å². The Bertz CT molecular complexity index is 899. The van der Waals surface area contributed by atoms with E-state index in [-0.39, 0.29) is 17.3 Å². The Morgan fingerprint density at radius 1 is 1.22 bits per heavy atom. The number of alkyl halides is 2. The summed E-state index contributed by atoms with van der Waals surface area (Å²) >= 11 is 0. The van der Waals surface area contributed by atoms with Crippen molar-refractivity contribution in [3.05, 3.63) is 52.1 Å². The molecule has 3 aromatic rings. The second kappa shape index (κ2) is 5.51. The Hall–Kier alpha value is -3.24. The summed E-state index contributed by atoms with van der Waals surface area (Å²) in [5, 5.41) is 21.2. The SMILES string of the molecule is O=[N+]([O-])c1cc(F)cc(Oc2ccc3nnc(C(F)F)n3n2)c1. The van der Waals surface area contributed by atoms with Crippen LogP contribution in [-0.4, -0.2) is 24.7 Å². The van der Waals surface area contributed by atoms with Crippen molar-refractivity contribution >= 4 is 11.3 Å². The van der Waals surface area contributed by atoms with Crippen LogP contribution in [0.4, 0.5) is 18.9 Å². The molecule has 0 saturated heterocycles. The Labute approximate surface area is 125 Å². The zero-order valence-corrected chi connectivity index (χ0v) is 11.1. The first kappa shape index (κ1) is 14.7. The largest absolute Gasteiger partial charge is 0.437 e. The Morgan fingerprint density at radius 3 is 2.70 bits per heavy atom. The van der Waals surface area contributed by atoms with Gasteiger partial charge in [-0.3, -0.25) is 10.1 Å². The molecule has 0 fully saturated rings. The fourth-order valence-corrected chi connectivity index (χ4v) is 1.81. The summed E-state index contributed by atoms with van der Waals surface area (Å²) in [6, 6.07) is 5.21. The number of benzene rings is 1. The highest BCUT2D eigenvalue weighted by Gasteiger charge is 2.18.